The van der Waals surface area contributed by atoms with Crippen LogP contribution in [0.4, 0.5) is 11.5 Å². The lowest BCUT2D eigenvalue weighted by Crippen LogP contribution is -2.23. The molecule has 1 aromatic heterocycles. The quantitative estimate of drug-likeness (QED) is 0.637. The van der Waals surface area contributed by atoms with Gasteiger partial charge in [-0.05, 0) is 17.7 Å². The maximum Gasteiger partial charge on any atom is 0.287 e. The van der Waals surface area contributed by atoms with Crippen LogP contribution < -0.4 is 5.32 Å². The second-order valence-electron chi connectivity index (χ2n) is 4.91. The Kier molecular flexibility index (Phi) is 4.92. The molecule has 0 bridgehead atoms. The second-order valence-corrected chi connectivity index (χ2v) is 7.03. The van der Waals surface area contributed by atoms with E-state index in [9.17, 15) is 18.5 Å². The zero-order valence-electron chi connectivity index (χ0n) is 12.6. The predicted octanol–water partition coefficient (Wildman–Crippen LogP) is 1.85. The highest BCUT2D eigenvalue weighted by molar-refractivity contribution is 7.89. The molecule has 0 aliphatic carbocycles. The molecule has 0 fully saturated rings. The molecule has 0 amide bonds. The van der Waals surface area contributed by atoms with Crippen LogP contribution in [-0.4, -0.2) is 36.7 Å². The first-order valence-electron chi connectivity index (χ1n) is 6.67. The topological polar surface area (TPSA) is 105 Å². The summed E-state index contributed by atoms with van der Waals surface area (Å²) in [5.41, 5.74) is 0.479. The van der Waals surface area contributed by atoms with Crippen LogP contribution in [0.15, 0.2) is 47.5 Å². The van der Waals surface area contributed by atoms with Crippen molar-refractivity contribution in [3.63, 3.8) is 0 Å². The van der Waals surface area contributed by atoms with Crippen LogP contribution >= 0.6 is 0 Å². The third-order valence-electron chi connectivity index (χ3n) is 3.15. The van der Waals surface area contributed by atoms with Crippen molar-refractivity contribution in [3.8, 4) is 0 Å². The van der Waals surface area contributed by atoms with Gasteiger partial charge in [0.1, 0.15) is 12.0 Å². The van der Waals surface area contributed by atoms with E-state index < -0.39 is 14.9 Å². The number of nitrogens with zero attached hydrogens (tertiary/aromatic N) is 3. The molecule has 0 saturated carbocycles. The minimum atomic E-state index is -3.55. The Bertz CT molecular complexity index is 804. The van der Waals surface area contributed by atoms with Crippen molar-refractivity contribution in [1.29, 1.82) is 0 Å². The molecular formula is C14H16N4O4S. The molecule has 0 saturated heterocycles. The van der Waals surface area contributed by atoms with Gasteiger partial charge < -0.3 is 5.32 Å². The van der Waals surface area contributed by atoms with E-state index in [1.807, 2.05) is 0 Å². The van der Waals surface area contributed by atoms with E-state index in [0.29, 0.717) is 11.4 Å². The van der Waals surface area contributed by atoms with E-state index in [-0.39, 0.29) is 17.1 Å². The first kappa shape index (κ1) is 16.8. The number of sulfonamides is 1. The predicted molar refractivity (Wildman–Crippen MR) is 85.5 cm³/mol. The average molecular weight is 336 g/mol. The zero-order valence-corrected chi connectivity index (χ0v) is 13.4. The number of benzene rings is 1. The molecule has 0 atom stereocenters. The number of hydrogen-bond acceptors (Lipinski definition) is 6. The number of nitro groups is 1. The molecule has 122 valence electrons. The van der Waals surface area contributed by atoms with Crippen molar-refractivity contribution in [2.75, 3.05) is 19.4 Å². The Morgan fingerprint density at radius 2 is 1.91 bits per heavy atom. The summed E-state index contributed by atoms with van der Waals surface area (Å²) in [6, 6.07) is 9.45. The zero-order chi connectivity index (χ0) is 17.0. The molecule has 2 rings (SSSR count). The Morgan fingerprint density at radius 3 is 2.48 bits per heavy atom. The summed E-state index contributed by atoms with van der Waals surface area (Å²) in [6.07, 6.45) is 1.14. The largest absolute Gasteiger partial charge is 0.366 e. The summed E-state index contributed by atoms with van der Waals surface area (Å²) in [7, 11) is -0.607. The molecule has 9 heteroatoms. The minimum absolute atomic E-state index is 0.105. The van der Waals surface area contributed by atoms with Gasteiger partial charge in [-0.25, -0.2) is 17.7 Å². The molecule has 0 aliphatic rings. The SMILES string of the molecule is CN(C)S(=O)(=O)c1ccccc1CNc1ccc([N+](=O)[O-])cn1. The van der Waals surface area contributed by atoms with Gasteiger partial charge in [-0.3, -0.25) is 10.1 Å². The summed E-state index contributed by atoms with van der Waals surface area (Å²) in [4.78, 5) is 14.2. The van der Waals surface area contributed by atoms with Crippen LogP contribution in [-0.2, 0) is 16.6 Å². The minimum Gasteiger partial charge on any atom is -0.366 e. The van der Waals surface area contributed by atoms with Crippen molar-refractivity contribution in [3.05, 3.63) is 58.3 Å². The lowest BCUT2D eigenvalue weighted by Gasteiger charge is -2.15. The highest BCUT2D eigenvalue weighted by atomic mass is 32.2. The lowest BCUT2D eigenvalue weighted by atomic mass is 10.2. The van der Waals surface area contributed by atoms with Crippen LogP contribution in [0.2, 0.25) is 0 Å². The second kappa shape index (κ2) is 6.71. The van der Waals surface area contributed by atoms with E-state index in [1.165, 1.54) is 32.3 Å². The van der Waals surface area contributed by atoms with Crippen molar-refractivity contribution >= 4 is 21.5 Å². The standard InChI is InChI=1S/C14H16N4O4S/c1-17(2)23(21,22)13-6-4-3-5-11(13)9-15-14-8-7-12(10-16-14)18(19)20/h3-8,10H,9H2,1-2H3,(H,15,16). The first-order valence-corrected chi connectivity index (χ1v) is 8.11. The summed E-state index contributed by atoms with van der Waals surface area (Å²) in [5, 5.41) is 13.5. The smallest absolute Gasteiger partial charge is 0.287 e. The van der Waals surface area contributed by atoms with E-state index in [4.69, 9.17) is 0 Å². The number of anilines is 1. The number of hydrogen-bond donors (Lipinski definition) is 1. The fourth-order valence-electron chi connectivity index (χ4n) is 1.88. The normalized spacial score (nSPS) is 11.4. The number of nitrogens with one attached hydrogen (secondary N) is 1. The third kappa shape index (κ3) is 3.82. The van der Waals surface area contributed by atoms with Crippen molar-refractivity contribution in [1.82, 2.24) is 9.29 Å². The Balaban J connectivity index is 2.20. The molecule has 1 N–H and O–H groups in total. The van der Waals surface area contributed by atoms with Crippen LogP contribution in [0.1, 0.15) is 5.56 Å². The van der Waals surface area contributed by atoms with E-state index in [0.717, 1.165) is 10.5 Å². The van der Waals surface area contributed by atoms with Gasteiger partial charge in [0.2, 0.25) is 10.0 Å². The van der Waals surface area contributed by atoms with Crippen LogP contribution in [0, 0.1) is 10.1 Å². The van der Waals surface area contributed by atoms with Crippen molar-refractivity contribution < 1.29 is 13.3 Å². The highest BCUT2D eigenvalue weighted by Gasteiger charge is 2.20. The van der Waals surface area contributed by atoms with Crippen LogP contribution in [0.25, 0.3) is 0 Å². The molecule has 1 heterocycles. The van der Waals surface area contributed by atoms with Gasteiger partial charge in [0.05, 0.1) is 9.82 Å². The molecule has 8 nitrogen and oxygen atoms in total. The number of pyridine rings is 1. The third-order valence-corrected chi connectivity index (χ3v) is 5.07. The van der Waals surface area contributed by atoms with Gasteiger partial charge in [0.15, 0.2) is 0 Å². The molecule has 0 unspecified atom stereocenters. The number of rotatable bonds is 6. The summed E-state index contributed by atoms with van der Waals surface area (Å²) in [6.45, 7) is 0.230. The first-order chi connectivity index (χ1) is 10.8. The Labute approximate surface area is 134 Å². The molecule has 0 spiro atoms. The average Bonchev–Trinajstić information content (AvgIpc) is 2.53. The van der Waals surface area contributed by atoms with Gasteiger partial charge in [-0.15, -0.1) is 0 Å². The summed E-state index contributed by atoms with van der Waals surface area (Å²) in [5.74, 6) is 0.424. The van der Waals surface area contributed by atoms with Crippen molar-refractivity contribution in [2.45, 2.75) is 11.4 Å². The number of aromatic nitrogens is 1. The van der Waals surface area contributed by atoms with Crippen LogP contribution in [0.3, 0.4) is 0 Å². The molecule has 2 aromatic rings. The van der Waals surface area contributed by atoms with Crippen molar-refractivity contribution in [2.24, 2.45) is 0 Å². The lowest BCUT2D eigenvalue weighted by molar-refractivity contribution is -0.385. The molecule has 23 heavy (non-hydrogen) atoms. The molecular weight excluding hydrogens is 320 g/mol. The Morgan fingerprint density at radius 1 is 1.22 bits per heavy atom. The fourth-order valence-corrected chi connectivity index (χ4v) is 3.00. The van der Waals surface area contributed by atoms with E-state index >= 15 is 0 Å². The van der Waals surface area contributed by atoms with Gasteiger partial charge in [-0.1, -0.05) is 18.2 Å². The van der Waals surface area contributed by atoms with Crippen LogP contribution in [0.5, 0.6) is 0 Å². The fraction of sp³-hybridized carbons (Fsp3) is 0.214. The molecule has 0 radical (unpaired) electrons. The monoisotopic (exact) mass is 336 g/mol. The van der Waals surface area contributed by atoms with Gasteiger partial charge in [0.25, 0.3) is 5.69 Å². The summed E-state index contributed by atoms with van der Waals surface area (Å²) < 4.78 is 25.7. The van der Waals surface area contributed by atoms with Gasteiger partial charge >= 0.3 is 0 Å². The molecule has 0 aliphatic heterocycles. The van der Waals surface area contributed by atoms with Gasteiger partial charge in [-0.2, -0.15) is 0 Å². The maximum atomic E-state index is 12.3. The summed E-state index contributed by atoms with van der Waals surface area (Å²) >= 11 is 0. The van der Waals surface area contributed by atoms with E-state index in [1.54, 1.807) is 18.2 Å². The van der Waals surface area contributed by atoms with E-state index in [2.05, 4.69) is 10.3 Å². The molecule has 1 aromatic carbocycles. The Hall–Kier alpha value is -2.52. The maximum absolute atomic E-state index is 12.3. The highest BCUT2D eigenvalue weighted by Crippen LogP contribution is 2.20. The van der Waals surface area contributed by atoms with Gasteiger partial charge in [0, 0.05) is 26.7 Å².